The first-order valence-electron chi connectivity index (χ1n) is 5.79. The lowest BCUT2D eigenvalue weighted by Crippen LogP contribution is -2.12. The fourth-order valence-electron chi connectivity index (χ4n) is 1.87. The number of nitriles is 1. The third-order valence-electron chi connectivity index (χ3n) is 2.92. The number of nitrogens with zero attached hydrogens (tertiary/aromatic N) is 2. The second kappa shape index (κ2) is 5.41. The third-order valence-corrected chi connectivity index (χ3v) is 2.92. The van der Waals surface area contributed by atoms with Crippen LogP contribution in [0.4, 0.5) is 15.8 Å². The van der Waals surface area contributed by atoms with E-state index in [-0.39, 0.29) is 16.9 Å². The van der Waals surface area contributed by atoms with Crippen LogP contribution < -0.4 is 4.90 Å². The van der Waals surface area contributed by atoms with Gasteiger partial charge in [0.05, 0.1) is 16.8 Å². The first kappa shape index (κ1) is 13.6. The molecule has 0 heterocycles. The second-order valence-corrected chi connectivity index (χ2v) is 4.19. The largest absolute Gasteiger partial charge is 0.478 e. The van der Waals surface area contributed by atoms with Gasteiger partial charge in [0.15, 0.2) is 0 Å². The molecule has 100 valence electrons. The van der Waals surface area contributed by atoms with Crippen molar-refractivity contribution in [2.45, 2.75) is 0 Å². The van der Waals surface area contributed by atoms with E-state index in [0.717, 1.165) is 0 Å². The molecule has 0 unspecified atom stereocenters. The minimum Gasteiger partial charge on any atom is -0.478 e. The van der Waals surface area contributed by atoms with Crippen molar-refractivity contribution in [3.05, 3.63) is 59.4 Å². The SMILES string of the molecule is CN(c1cccc(F)c1)c1ccc(C(=O)O)cc1C#N. The average molecular weight is 270 g/mol. The van der Waals surface area contributed by atoms with Crippen LogP contribution in [0.15, 0.2) is 42.5 Å². The topological polar surface area (TPSA) is 64.3 Å². The number of hydrogen-bond donors (Lipinski definition) is 1. The molecule has 0 aliphatic carbocycles. The summed E-state index contributed by atoms with van der Waals surface area (Å²) in [6.07, 6.45) is 0. The minimum absolute atomic E-state index is 0.0398. The molecule has 20 heavy (non-hydrogen) atoms. The molecule has 0 fully saturated rings. The molecule has 0 atom stereocenters. The molecule has 0 radical (unpaired) electrons. The average Bonchev–Trinajstić information content (AvgIpc) is 2.45. The molecule has 4 nitrogen and oxygen atoms in total. The van der Waals surface area contributed by atoms with Gasteiger partial charge in [0, 0.05) is 12.7 Å². The van der Waals surface area contributed by atoms with Crippen LogP contribution in [0.3, 0.4) is 0 Å². The maximum Gasteiger partial charge on any atom is 0.335 e. The summed E-state index contributed by atoms with van der Waals surface area (Å²) in [6.45, 7) is 0. The first-order chi connectivity index (χ1) is 9.52. The number of hydrogen-bond acceptors (Lipinski definition) is 3. The number of carboxylic acid groups (broad SMARTS) is 1. The van der Waals surface area contributed by atoms with E-state index in [9.17, 15) is 9.18 Å². The zero-order valence-corrected chi connectivity index (χ0v) is 10.7. The van der Waals surface area contributed by atoms with Gasteiger partial charge in [-0.25, -0.2) is 9.18 Å². The fourth-order valence-corrected chi connectivity index (χ4v) is 1.87. The number of rotatable bonds is 3. The Morgan fingerprint density at radius 1 is 1.30 bits per heavy atom. The Labute approximate surface area is 115 Å². The minimum atomic E-state index is -1.10. The normalized spacial score (nSPS) is 9.85. The highest BCUT2D eigenvalue weighted by Gasteiger charge is 2.13. The van der Waals surface area contributed by atoms with Gasteiger partial charge in [0.2, 0.25) is 0 Å². The molecule has 1 N–H and O–H groups in total. The number of benzene rings is 2. The molecular weight excluding hydrogens is 259 g/mol. The fraction of sp³-hybridized carbons (Fsp3) is 0.0667. The Hall–Kier alpha value is -2.87. The first-order valence-corrected chi connectivity index (χ1v) is 5.79. The molecule has 2 aromatic carbocycles. The lowest BCUT2D eigenvalue weighted by Gasteiger charge is -2.21. The number of carboxylic acids is 1. The Morgan fingerprint density at radius 2 is 2.05 bits per heavy atom. The van der Waals surface area contributed by atoms with Crippen LogP contribution >= 0.6 is 0 Å². The highest BCUT2D eigenvalue weighted by molar-refractivity contribution is 5.89. The van der Waals surface area contributed by atoms with Crippen LogP contribution in [0.2, 0.25) is 0 Å². The summed E-state index contributed by atoms with van der Waals surface area (Å²) < 4.78 is 13.2. The molecule has 0 aromatic heterocycles. The van der Waals surface area contributed by atoms with Gasteiger partial charge in [-0.3, -0.25) is 0 Å². The Bertz CT molecular complexity index is 707. The van der Waals surface area contributed by atoms with Gasteiger partial charge in [-0.1, -0.05) is 6.07 Å². The van der Waals surface area contributed by atoms with E-state index in [2.05, 4.69) is 0 Å². The molecule has 0 bridgehead atoms. The molecule has 2 aromatic rings. The predicted molar refractivity (Wildman–Crippen MR) is 72.6 cm³/mol. The molecular formula is C15H11FN2O2. The van der Waals surface area contributed by atoms with Crippen molar-refractivity contribution in [1.29, 1.82) is 5.26 Å². The zero-order chi connectivity index (χ0) is 14.7. The molecule has 0 saturated heterocycles. The van der Waals surface area contributed by atoms with Gasteiger partial charge < -0.3 is 10.0 Å². The van der Waals surface area contributed by atoms with Gasteiger partial charge in [-0.15, -0.1) is 0 Å². The maximum absolute atomic E-state index is 13.2. The van der Waals surface area contributed by atoms with Gasteiger partial charge in [-0.2, -0.15) is 5.26 Å². The van der Waals surface area contributed by atoms with Crippen LogP contribution in [0.1, 0.15) is 15.9 Å². The smallest absolute Gasteiger partial charge is 0.335 e. The molecule has 0 aliphatic rings. The molecule has 0 spiro atoms. The van der Waals surface area contributed by atoms with Crippen molar-refractivity contribution in [3.8, 4) is 6.07 Å². The number of halogens is 1. The van der Waals surface area contributed by atoms with Gasteiger partial charge in [0.1, 0.15) is 11.9 Å². The number of anilines is 2. The zero-order valence-electron chi connectivity index (χ0n) is 10.7. The van der Waals surface area contributed by atoms with E-state index in [1.165, 1.54) is 30.3 Å². The summed E-state index contributed by atoms with van der Waals surface area (Å²) >= 11 is 0. The maximum atomic E-state index is 13.2. The summed E-state index contributed by atoms with van der Waals surface area (Å²) in [5.41, 5.74) is 1.35. The second-order valence-electron chi connectivity index (χ2n) is 4.19. The number of aromatic carboxylic acids is 1. The van der Waals surface area contributed by atoms with Gasteiger partial charge >= 0.3 is 5.97 Å². The lowest BCUT2D eigenvalue weighted by molar-refractivity contribution is 0.0697. The molecule has 5 heteroatoms. The van der Waals surface area contributed by atoms with Crippen molar-refractivity contribution < 1.29 is 14.3 Å². The quantitative estimate of drug-likeness (QED) is 0.930. The third kappa shape index (κ3) is 2.59. The number of carbonyl (C=O) groups is 1. The standard InChI is InChI=1S/C15H11FN2O2/c1-18(13-4-2-3-12(16)8-13)14-6-5-10(15(19)20)7-11(14)9-17/h2-8H,1H3,(H,19,20). The molecule has 0 saturated carbocycles. The van der Waals surface area contributed by atoms with Crippen molar-refractivity contribution in [2.24, 2.45) is 0 Å². The van der Waals surface area contributed by atoms with Crippen LogP contribution in [0, 0.1) is 17.1 Å². The summed E-state index contributed by atoms with van der Waals surface area (Å²) in [5, 5.41) is 18.0. The monoisotopic (exact) mass is 270 g/mol. The van der Waals surface area contributed by atoms with Crippen LogP contribution in [-0.4, -0.2) is 18.1 Å². The Kier molecular flexibility index (Phi) is 3.67. The van der Waals surface area contributed by atoms with Gasteiger partial charge in [-0.05, 0) is 36.4 Å². The van der Waals surface area contributed by atoms with E-state index >= 15 is 0 Å². The van der Waals surface area contributed by atoms with Crippen molar-refractivity contribution in [2.75, 3.05) is 11.9 Å². The molecule has 0 aliphatic heterocycles. The van der Waals surface area contributed by atoms with E-state index in [0.29, 0.717) is 11.4 Å². The Balaban J connectivity index is 2.47. The summed E-state index contributed by atoms with van der Waals surface area (Å²) in [5.74, 6) is -1.48. The highest BCUT2D eigenvalue weighted by atomic mass is 19.1. The van der Waals surface area contributed by atoms with E-state index < -0.39 is 5.97 Å². The van der Waals surface area contributed by atoms with Crippen LogP contribution in [-0.2, 0) is 0 Å². The van der Waals surface area contributed by atoms with Crippen molar-refractivity contribution in [3.63, 3.8) is 0 Å². The van der Waals surface area contributed by atoms with Gasteiger partial charge in [0.25, 0.3) is 0 Å². The van der Waals surface area contributed by atoms with Crippen LogP contribution in [0.5, 0.6) is 0 Å². The van der Waals surface area contributed by atoms with Crippen LogP contribution in [0.25, 0.3) is 0 Å². The van der Waals surface area contributed by atoms with Crippen molar-refractivity contribution in [1.82, 2.24) is 0 Å². The van der Waals surface area contributed by atoms with E-state index in [4.69, 9.17) is 10.4 Å². The highest BCUT2D eigenvalue weighted by Crippen LogP contribution is 2.27. The summed E-state index contributed by atoms with van der Waals surface area (Å²) in [4.78, 5) is 12.5. The van der Waals surface area contributed by atoms with E-state index in [1.54, 1.807) is 24.1 Å². The molecule has 0 amide bonds. The van der Waals surface area contributed by atoms with E-state index in [1.807, 2.05) is 6.07 Å². The molecule has 2 rings (SSSR count). The summed E-state index contributed by atoms with van der Waals surface area (Å²) in [6, 6.07) is 12.1. The van der Waals surface area contributed by atoms with Crippen molar-refractivity contribution >= 4 is 17.3 Å². The predicted octanol–water partition coefficient (Wildman–Crippen LogP) is 3.16. The summed E-state index contributed by atoms with van der Waals surface area (Å²) in [7, 11) is 1.69. The lowest BCUT2D eigenvalue weighted by atomic mass is 10.1. The Morgan fingerprint density at radius 3 is 2.65 bits per heavy atom.